The van der Waals surface area contributed by atoms with Crippen LogP contribution in [0.4, 0.5) is 5.69 Å². The van der Waals surface area contributed by atoms with Gasteiger partial charge >= 0.3 is 0 Å². The molecule has 0 radical (unpaired) electrons. The molecule has 2 atom stereocenters. The second kappa shape index (κ2) is 8.88. The summed E-state index contributed by atoms with van der Waals surface area (Å²) in [5, 5.41) is 10.8. The molecule has 1 amide bonds. The maximum absolute atomic E-state index is 12.5. The highest BCUT2D eigenvalue weighted by Crippen LogP contribution is 2.19. The highest BCUT2D eigenvalue weighted by atomic mass is 16.1. The topological polar surface area (TPSA) is 62.2 Å². The van der Waals surface area contributed by atoms with Crippen LogP contribution in [0.1, 0.15) is 54.7 Å². The van der Waals surface area contributed by atoms with Crippen molar-refractivity contribution in [3.05, 3.63) is 47.8 Å². The van der Waals surface area contributed by atoms with Gasteiger partial charge in [0.15, 0.2) is 5.69 Å². The van der Waals surface area contributed by atoms with Crippen LogP contribution in [0.2, 0.25) is 0 Å². The van der Waals surface area contributed by atoms with E-state index in [9.17, 15) is 4.79 Å². The number of rotatable bonds is 5. The van der Waals surface area contributed by atoms with Gasteiger partial charge in [0.25, 0.3) is 5.91 Å². The van der Waals surface area contributed by atoms with Gasteiger partial charge in [0, 0.05) is 31.5 Å². The Kier molecular flexibility index (Phi) is 6.07. The molecule has 150 valence electrons. The number of benzene rings is 1. The monoisotopic (exact) mass is 381 g/mol. The van der Waals surface area contributed by atoms with Crippen LogP contribution in [-0.4, -0.2) is 46.8 Å². The van der Waals surface area contributed by atoms with Crippen LogP contribution in [0.3, 0.4) is 0 Å². The fourth-order valence-electron chi connectivity index (χ4n) is 4.30. The van der Waals surface area contributed by atoms with Crippen molar-refractivity contribution >= 4 is 11.6 Å². The van der Waals surface area contributed by atoms with E-state index in [0.717, 1.165) is 44.1 Å². The zero-order chi connectivity index (χ0) is 19.3. The molecule has 0 saturated carbocycles. The maximum Gasteiger partial charge on any atom is 0.276 e. The van der Waals surface area contributed by atoms with Crippen LogP contribution in [0, 0.1) is 5.92 Å². The molecule has 28 heavy (non-hydrogen) atoms. The summed E-state index contributed by atoms with van der Waals surface area (Å²) >= 11 is 0. The van der Waals surface area contributed by atoms with E-state index in [2.05, 4.69) is 39.7 Å². The van der Waals surface area contributed by atoms with Gasteiger partial charge in [-0.3, -0.25) is 14.4 Å². The molecule has 6 nitrogen and oxygen atoms in total. The van der Waals surface area contributed by atoms with Gasteiger partial charge in [0.2, 0.25) is 0 Å². The molecule has 2 N–H and O–H groups in total. The third-order valence-corrected chi connectivity index (χ3v) is 5.85. The van der Waals surface area contributed by atoms with Crippen LogP contribution in [0.25, 0.3) is 0 Å². The Morgan fingerprint density at radius 1 is 1.21 bits per heavy atom. The highest BCUT2D eigenvalue weighted by molar-refractivity contribution is 6.02. The van der Waals surface area contributed by atoms with E-state index >= 15 is 0 Å². The second-order valence-corrected chi connectivity index (χ2v) is 8.31. The number of anilines is 1. The first-order valence-corrected chi connectivity index (χ1v) is 10.6. The smallest absolute Gasteiger partial charge is 0.276 e. The van der Waals surface area contributed by atoms with Gasteiger partial charge in [0.05, 0.1) is 6.04 Å². The lowest BCUT2D eigenvalue weighted by atomic mass is 10.00. The Labute approximate surface area is 167 Å². The molecule has 4 rings (SSSR count). The van der Waals surface area contributed by atoms with E-state index in [1.807, 2.05) is 23.0 Å². The molecule has 0 spiro atoms. The summed E-state index contributed by atoms with van der Waals surface area (Å²) in [7, 11) is 0. The molecule has 2 aliphatic heterocycles. The van der Waals surface area contributed by atoms with Gasteiger partial charge in [-0.2, -0.15) is 5.10 Å². The average molecular weight is 382 g/mol. The lowest BCUT2D eigenvalue weighted by Gasteiger charge is -2.30. The molecule has 1 aromatic heterocycles. The van der Waals surface area contributed by atoms with Gasteiger partial charge in [-0.15, -0.1) is 0 Å². The minimum absolute atomic E-state index is 0.153. The Balaban J connectivity index is 1.32. The molecule has 2 fully saturated rings. The van der Waals surface area contributed by atoms with Gasteiger partial charge in [0.1, 0.15) is 0 Å². The summed E-state index contributed by atoms with van der Waals surface area (Å²) in [5.74, 6) is 0.636. The van der Waals surface area contributed by atoms with Crippen molar-refractivity contribution in [1.29, 1.82) is 0 Å². The first-order valence-electron chi connectivity index (χ1n) is 10.6. The van der Waals surface area contributed by atoms with E-state index < -0.39 is 0 Å². The number of nitrogens with zero attached hydrogens (tertiary/aromatic N) is 3. The molecule has 2 aromatic rings. The first kappa shape index (κ1) is 19.2. The average Bonchev–Trinajstić information content (AvgIpc) is 3.21. The maximum atomic E-state index is 12.5. The number of nitrogens with one attached hydrogen (secondary N) is 2. The van der Waals surface area contributed by atoms with E-state index in [1.54, 1.807) is 6.07 Å². The van der Waals surface area contributed by atoms with Crippen molar-refractivity contribution in [2.24, 2.45) is 5.92 Å². The quantitative estimate of drug-likeness (QED) is 0.834. The zero-order valence-electron chi connectivity index (χ0n) is 16.7. The number of hydrogen-bond acceptors (Lipinski definition) is 4. The summed E-state index contributed by atoms with van der Waals surface area (Å²) in [6.07, 6.45) is 6.80. The molecule has 0 bridgehead atoms. The molecular weight excluding hydrogens is 350 g/mol. The van der Waals surface area contributed by atoms with Crippen molar-refractivity contribution < 1.29 is 4.79 Å². The highest BCUT2D eigenvalue weighted by Gasteiger charge is 2.18. The molecule has 3 heterocycles. The Hall–Kier alpha value is -2.18. The fourth-order valence-corrected chi connectivity index (χ4v) is 4.30. The van der Waals surface area contributed by atoms with Crippen molar-refractivity contribution in [3.63, 3.8) is 0 Å². The molecule has 1 aromatic carbocycles. The first-order chi connectivity index (χ1) is 13.7. The molecule has 2 aliphatic rings. The third kappa shape index (κ3) is 4.80. The number of aromatic nitrogens is 2. The normalized spacial score (nSPS) is 23.5. The summed E-state index contributed by atoms with van der Waals surface area (Å²) in [4.78, 5) is 15.1. The van der Waals surface area contributed by atoms with E-state index in [4.69, 9.17) is 0 Å². The number of carbonyl (C=O) groups is 1. The molecule has 0 aliphatic carbocycles. The van der Waals surface area contributed by atoms with Crippen LogP contribution in [0.5, 0.6) is 0 Å². The second-order valence-electron chi connectivity index (χ2n) is 8.31. The Bertz CT molecular complexity index is 778. The zero-order valence-corrected chi connectivity index (χ0v) is 16.7. The predicted octanol–water partition coefficient (Wildman–Crippen LogP) is 3.29. The minimum atomic E-state index is -0.153. The predicted molar refractivity (Wildman–Crippen MR) is 111 cm³/mol. The largest absolute Gasteiger partial charge is 0.321 e. The van der Waals surface area contributed by atoms with Crippen LogP contribution >= 0.6 is 0 Å². The van der Waals surface area contributed by atoms with Crippen LogP contribution in [0.15, 0.2) is 36.5 Å². The number of likely N-dealkylation sites (tertiary alicyclic amines) is 1. The minimum Gasteiger partial charge on any atom is -0.321 e. The summed E-state index contributed by atoms with van der Waals surface area (Å²) < 4.78 is 1.92. The lowest BCUT2D eigenvalue weighted by molar-refractivity contribution is 0.102. The molecule has 2 saturated heterocycles. The molecular formula is C22H31N5O. The standard InChI is InChI=1S/C22H31N5O/c1-17-4-3-12-26(15-17)16-18-6-8-19(9-7-18)24-22(28)21-10-13-27(25-21)20-5-2-11-23-14-20/h6-10,13,17,20,23H,2-5,11-12,14-16H2,1H3,(H,24,28). The number of piperidine rings is 2. The van der Waals surface area contributed by atoms with Crippen molar-refractivity contribution in [2.45, 2.75) is 45.2 Å². The van der Waals surface area contributed by atoms with Gasteiger partial charge < -0.3 is 10.6 Å². The van der Waals surface area contributed by atoms with Crippen molar-refractivity contribution in [3.8, 4) is 0 Å². The summed E-state index contributed by atoms with van der Waals surface area (Å²) in [5.41, 5.74) is 2.58. The van der Waals surface area contributed by atoms with Crippen molar-refractivity contribution in [2.75, 3.05) is 31.5 Å². The van der Waals surface area contributed by atoms with E-state index in [0.29, 0.717) is 11.7 Å². The fraction of sp³-hybridized carbons (Fsp3) is 0.545. The number of amides is 1. The van der Waals surface area contributed by atoms with Gasteiger partial charge in [-0.25, -0.2) is 0 Å². The van der Waals surface area contributed by atoms with Crippen LogP contribution in [-0.2, 0) is 6.54 Å². The summed E-state index contributed by atoms with van der Waals surface area (Å²) in [6.45, 7) is 7.66. The number of carbonyl (C=O) groups excluding carboxylic acids is 1. The van der Waals surface area contributed by atoms with E-state index in [-0.39, 0.29) is 5.91 Å². The molecule has 2 unspecified atom stereocenters. The third-order valence-electron chi connectivity index (χ3n) is 5.85. The number of hydrogen-bond donors (Lipinski definition) is 2. The Morgan fingerprint density at radius 3 is 2.82 bits per heavy atom. The molecule has 6 heteroatoms. The van der Waals surface area contributed by atoms with Crippen LogP contribution < -0.4 is 10.6 Å². The van der Waals surface area contributed by atoms with Gasteiger partial charge in [-0.1, -0.05) is 19.1 Å². The Morgan fingerprint density at radius 2 is 2.07 bits per heavy atom. The van der Waals surface area contributed by atoms with Crippen molar-refractivity contribution in [1.82, 2.24) is 20.0 Å². The van der Waals surface area contributed by atoms with Gasteiger partial charge in [-0.05, 0) is 68.5 Å². The van der Waals surface area contributed by atoms with E-state index in [1.165, 1.54) is 31.5 Å². The lowest BCUT2D eigenvalue weighted by Crippen LogP contribution is -2.33. The SMILES string of the molecule is CC1CCCN(Cc2ccc(NC(=O)c3ccn(C4CCCNC4)n3)cc2)C1. The summed E-state index contributed by atoms with van der Waals surface area (Å²) in [6, 6.07) is 10.3.